The molecule has 0 saturated heterocycles. The molecule has 0 radical (unpaired) electrons. The number of carboxylic acid groups (broad SMARTS) is 1. The number of benzene rings is 1. The predicted molar refractivity (Wildman–Crippen MR) is 80.6 cm³/mol. The molecule has 0 atom stereocenters. The Bertz CT molecular complexity index is 441. The van der Waals surface area contributed by atoms with Gasteiger partial charge in [0.25, 0.3) is 0 Å². The summed E-state index contributed by atoms with van der Waals surface area (Å²) in [6.07, 6.45) is 7.07. The van der Waals surface area contributed by atoms with E-state index in [2.05, 4.69) is 4.90 Å². The Labute approximate surface area is 125 Å². The van der Waals surface area contributed by atoms with Crippen LogP contribution in [0.5, 0.6) is 0 Å². The lowest BCUT2D eigenvalue weighted by Gasteiger charge is -2.34. The summed E-state index contributed by atoms with van der Waals surface area (Å²) in [5.74, 6) is -0.950. The molecule has 0 heterocycles. The van der Waals surface area contributed by atoms with Gasteiger partial charge in [-0.1, -0.05) is 31.4 Å². The number of carbonyl (C=O) groups is 1. The van der Waals surface area contributed by atoms with E-state index in [4.69, 9.17) is 5.11 Å². The van der Waals surface area contributed by atoms with Gasteiger partial charge in [0.05, 0.1) is 0 Å². The van der Waals surface area contributed by atoms with Crippen molar-refractivity contribution in [3.05, 3.63) is 35.6 Å². The number of halogens is 1. The van der Waals surface area contributed by atoms with E-state index >= 15 is 0 Å². The van der Waals surface area contributed by atoms with Crippen LogP contribution in [0.4, 0.5) is 4.39 Å². The summed E-state index contributed by atoms with van der Waals surface area (Å²) in [7, 11) is 0. The molecule has 0 amide bonds. The largest absolute Gasteiger partial charge is 0.481 e. The van der Waals surface area contributed by atoms with Crippen molar-refractivity contribution in [3.63, 3.8) is 0 Å². The molecule has 1 aliphatic carbocycles. The summed E-state index contributed by atoms with van der Waals surface area (Å²) >= 11 is 0. The van der Waals surface area contributed by atoms with Gasteiger partial charge in [0.1, 0.15) is 5.82 Å². The topological polar surface area (TPSA) is 40.5 Å². The molecule has 1 aliphatic rings. The van der Waals surface area contributed by atoms with Gasteiger partial charge >= 0.3 is 5.97 Å². The minimum Gasteiger partial charge on any atom is -0.481 e. The Balaban J connectivity index is 1.96. The van der Waals surface area contributed by atoms with Gasteiger partial charge in [-0.2, -0.15) is 0 Å². The SMILES string of the molecule is O=C(O)CCCN(Cc1ccc(F)cc1)C1CCCCC1. The van der Waals surface area contributed by atoms with Crippen LogP contribution >= 0.6 is 0 Å². The van der Waals surface area contributed by atoms with Crippen molar-refractivity contribution < 1.29 is 14.3 Å². The lowest BCUT2D eigenvalue weighted by Crippen LogP contribution is -2.37. The lowest BCUT2D eigenvalue weighted by atomic mass is 9.93. The first-order valence-corrected chi connectivity index (χ1v) is 7.85. The minimum atomic E-state index is -0.736. The van der Waals surface area contributed by atoms with Crippen molar-refractivity contribution >= 4 is 5.97 Å². The van der Waals surface area contributed by atoms with Crippen LogP contribution in [-0.2, 0) is 11.3 Å². The third-order valence-electron chi connectivity index (χ3n) is 4.23. The van der Waals surface area contributed by atoms with Crippen LogP contribution in [0.2, 0.25) is 0 Å². The summed E-state index contributed by atoms with van der Waals surface area (Å²) in [4.78, 5) is 13.1. The maximum absolute atomic E-state index is 13.0. The molecule has 1 aromatic rings. The molecule has 1 saturated carbocycles. The number of hydrogen-bond donors (Lipinski definition) is 1. The van der Waals surface area contributed by atoms with Gasteiger partial charge in [-0.25, -0.2) is 4.39 Å². The zero-order chi connectivity index (χ0) is 15.1. The summed E-state index contributed by atoms with van der Waals surface area (Å²) in [6, 6.07) is 7.17. The van der Waals surface area contributed by atoms with Crippen molar-refractivity contribution in [2.45, 2.75) is 57.5 Å². The molecule has 21 heavy (non-hydrogen) atoms. The first kappa shape index (κ1) is 16.0. The number of hydrogen-bond acceptors (Lipinski definition) is 2. The quantitative estimate of drug-likeness (QED) is 0.830. The van der Waals surface area contributed by atoms with Gasteiger partial charge < -0.3 is 5.11 Å². The van der Waals surface area contributed by atoms with Gasteiger partial charge in [0.2, 0.25) is 0 Å². The molecular formula is C17H24FNO2. The van der Waals surface area contributed by atoms with Crippen molar-refractivity contribution in [2.24, 2.45) is 0 Å². The van der Waals surface area contributed by atoms with E-state index in [1.807, 2.05) is 12.1 Å². The van der Waals surface area contributed by atoms with Crippen LogP contribution in [0, 0.1) is 5.82 Å². The second kappa shape index (κ2) is 8.13. The van der Waals surface area contributed by atoms with Gasteiger partial charge in [0.15, 0.2) is 0 Å². The summed E-state index contributed by atoms with van der Waals surface area (Å²) in [5, 5.41) is 8.80. The van der Waals surface area contributed by atoms with Crippen molar-refractivity contribution in [1.82, 2.24) is 4.90 Å². The molecule has 3 nitrogen and oxygen atoms in total. The number of rotatable bonds is 7. The normalized spacial score (nSPS) is 16.3. The van der Waals surface area contributed by atoms with Crippen molar-refractivity contribution in [2.75, 3.05) is 6.54 Å². The fourth-order valence-corrected chi connectivity index (χ4v) is 3.09. The molecule has 1 N–H and O–H groups in total. The van der Waals surface area contributed by atoms with Crippen LogP contribution < -0.4 is 0 Å². The zero-order valence-corrected chi connectivity index (χ0v) is 12.4. The zero-order valence-electron chi connectivity index (χ0n) is 12.4. The second-order valence-corrected chi connectivity index (χ2v) is 5.89. The first-order chi connectivity index (χ1) is 10.1. The Morgan fingerprint density at radius 3 is 2.48 bits per heavy atom. The van der Waals surface area contributed by atoms with Crippen LogP contribution in [-0.4, -0.2) is 28.6 Å². The Hall–Kier alpha value is -1.42. The highest BCUT2D eigenvalue weighted by Gasteiger charge is 2.21. The Morgan fingerprint density at radius 2 is 1.86 bits per heavy atom. The van der Waals surface area contributed by atoms with Crippen LogP contribution in [0.1, 0.15) is 50.5 Å². The number of nitrogens with zero attached hydrogens (tertiary/aromatic N) is 1. The standard InChI is InChI=1S/C17H24FNO2/c18-15-10-8-14(9-11-15)13-19(12-4-7-17(20)21)16-5-2-1-3-6-16/h8-11,16H,1-7,12-13H2,(H,20,21). The Morgan fingerprint density at radius 1 is 1.19 bits per heavy atom. The highest BCUT2D eigenvalue weighted by Crippen LogP contribution is 2.24. The van der Waals surface area contributed by atoms with E-state index in [1.165, 1.54) is 44.2 Å². The first-order valence-electron chi connectivity index (χ1n) is 7.85. The van der Waals surface area contributed by atoms with Crippen LogP contribution in [0.25, 0.3) is 0 Å². The maximum Gasteiger partial charge on any atom is 0.303 e. The summed E-state index contributed by atoms with van der Waals surface area (Å²) in [6.45, 7) is 1.58. The van der Waals surface area contributed by atoms with Crippen molar-refractivity contribution in [1.29, 1.82) is 0 Å². The van der Waals surface area contributed by atoms with Gasteiger partial charge in [0, 0.05) is 19.0 Å². The van der Waals surface area contributed by atoms with E-state index in [-0.39, 0.29) is 12.2 Å². The van der Waals surface area contributed by atoms with Gasteiger partial charge in [-0.05, 0) is 43.5 Å². The fourth-order valence-electron chi connectivity index (χ4n) is 3.09. The van der Waals surface area contributed by atoms with Gasteiger partial charge in [-0.3, -0.25) is 9.69 Å². The molecule has 0 unspecified atom stereocenters. The average Bonchev–Trinajstić information content (AvgIpc) is 2.49. The highest BCUT2D eigenvalue weighted by atomic mass is 19.1. The molecule has 2 rings (SSSR count). The third kappa shape index (κ3) is 5.46. The monoisotopic (exact) mass is 293 g/mol. The van der Waals surface area contributed by atoms with E-state index < -0.39 is 5.97 Å². The lowest BCUT2D eigenvalue weighted by molar-refractivity contribution is -0.137. The van der Waals surface area contributed by atoms with E-state index in [1.54, 1.807) is 0 Å². The maximum atomic E-state index is 13.0. The van der Waals surface area contributed by atoms with E-state index in [0.717, 1.165) is 18.7 Å². The van der Waals surface area contributed by atoms with E-state index in [0.29, 0.717) is 12.5 Å². The molecule has 116 valence electrons. The minimum absolute atomic E-state index is 0.214. The molecular weight excluding hydrogens is 269 g/mol. The molecule has 4 heteroatoms. The van der Waals surface area contributed by atoms with Crippen molar-refractivity contribution in [3.8, 4) is 0 Å². The number of carboxylic acids is 1. The average molecular weight is 293 g/mol. The predicted octanol–water partition coefficient (Wildman–Crippen LogP) is 3.83. The van der Waals surface area contributed by atoms with Gasteiger partial charge in [-0.15, -0.1) is 0 Å². The number of aliphatic carboxylic acids is 1. The molecule has 1 aromatic carbocycles. The molecule has 0 aliphatic heterocycles. The Kier molecular flexibility index (Phi) is 6.18. The molecule has 0 aromatic heterocycles. The molecule has 0 bridgehead atoms. The van der Waals surface area contributed by atoms with Crippen LogP contribution in [0.15, 0.2) is 24.3 Å². The fraction of sp³-hybridized carbons (Fsp3) is 0.588. The second-order valence-electron chi connectivity index (χ2n) is 5.89. The highest BCUT2D eigenvalue weighted by molar-refractivity contribution is 5.66. The smallest absolute Gasteiger partial charge is 0.303 e. The summed E-state index contributed by atoms with van der Waals surface area (Å²) < 4.78 is 13.0. The summed E-state index contributed by atoms with van der Waals surface area (Å²) in [5.41, 5.74) is 1.09. The molecule has 0 spiro atoms. The van der Waals surface area contributed by atoms with E-state index in [9.17, 15) is 9.18 Å². The molecule has 1 fully saturated rings. The van der Waals surface area contributed by atoms with Crippen LogP contribution in [0.3, 0.4) is 0 Å². The third-order valence-corrected chi connectivity index (χ3v) is 4.23.